The molecule has 6 nitrogen and oxygen atoms in total. The molecule has 1 N–H and O–H groups in total. The molecule has 0 aromatic carbocycles. The van der Waals surface area contributed by atoms with Crippen LogP contribution >= 0.6 is 0 Å². The van der Waals surface area contributed by atoms with Gasteiger partial charge in [0.1, 0.15) is 11.6 Å². The number of hydrogen-bond acceptors (Lipinski definition) is 5. The van der Waals surface area contributed by atoms with Crippen LogP contribution in [0.1, 0.15) is 12.8 Å². The summed E-state index contributed by atoms with van der Waals surface area (Å²) in [5, 5.41) is 2.65. The molecule has 1 atom stereocenters. The van der Waals surface area contributed by atoms with Crippen LogP contribution < -0.4 is 10.1 Å². The van der Waals surface area contributed by atoms with Crippen LogP contribution in [0.5, 0.6) is 5.75 Å². The van der Waals surface area contributed by atoms with Crippen LogP contribution in [0.25, 0.3) is 0 Å². The highest BCUT2D eigenvalue weighted by Crippen LogP contribution is 2.22. The van der Waals surface area contributed by atoms with Crippen molar-refractivity contribution in [2.75, 3.05) is 23.9 Å². The summed E-state index contributed by atoms with van der Waals surface area (Å²) in [5.41, 5.74) is 0. The van der Waals surface area contributed by atoms with E-state index < -0.39 is 9.84 Å². The molecule has 0 aliphatic carbocycles. The number of hydrogen-bond donors (Lipinski definition) is 1. The summed E-state index contributed by atoms with van der Waals surface area (Å²) < 4.78 is 27.6. The van der Waals surface area contributed by atoms with Crippen molar-refractivity contribution in [3.8, 4) is 5.75 Å². The van der Waals surface area contributed by atoms with E-state index in [0.717, 1.165) is 0 Å². The van der Waals surface area contributed by atoms with E-state index in [1.807, 2.05) is 0 Å². The van der Waals surface area contributed by atoms with E-state index in [1.165, 1.54) is 13.3 Å². The van der Waals surface area contributed by atoms with Crippen LogP contribution in [0.2, 0.25) is 0 Å². The number of aromatic nitrogens is 1. The molecule has 19 heavy (non-hydrogen) atoms. The fraction of sp³-hybridized carbons (Fsp3) is 0.500. The minimum atomic E-state index is -2.94. The zero-order valence-corrected chi connectivity index (χ0v) is 11.4. The number of pyridine rings is 1. The summed E-state index contributed by atoms with van der Waals surface area (Å²) in [6, 6.07) is 3.29. The summed E-state index contributed by atoms with van der Waals surface area (Å²) in [4.78, 5) is 15.8. The van der Waals surface area contributed by atoms with Crippen molar-refractivity contribution in [2.24, 2.45) is 5.92 Å². The second-order valence-corrected chi connectivity index (χ2v) is 6.83. The Morgan fingerprint density at radius 1 is 1.58 bits per heavy atom. The first-order chi connectivity index (χ1) is 8.98. The number of rotatable bonds is 4. The fourth-order valence-electron chi connectivity index (χ4n) is 2.10. The summed E-state index contributed by atoms with van der Waals surface area (Å²) in [5.74, 6) is 0.992. The van der Waals surface area contributed by atoms with Crippen LogP contribution in [-0.2, 0) is 14.6 Å². The first-order valence-corrected chi connectivity index (χ1v) is 7.81. The van der Waals surface area contributed by atoms with Gasteiger partial charge in [0, 0.05) is 18.7 Å². The summed E-state index contributed by atoms with van der Waals surface area (Å²) in [6.45, 7) is 0. The van der Waals surface area contributed by atoms with E-state index in [4.69, 9.17) is 4.74 Å². The van der Waals surface area contributed by atoms with Gasteiger partial charge in [0.25, 0.3) is 0 Å². The van der Waals surface area contributed by atoms with Gasteiger partial charge >= 0.3 is 0 Å². The molecule has 1 unspecified atom stereocenters. The van der Waals surface area contributed by atoms with Crippen molar-refractivity contribution >= 4 is 21.6 Å². The minimum Gasteiger partial charge on any atom is -0.497 e. The van der Waals surface area contributed by atoms with Crippen LogP contribution in [0, 0.1) is 5.92 Å². The van der Waals surface area contributed by atoms with E-state index in [0.29, 0.717) is 18.0 Å². The first kappa shape index (κ1) is 13.8. The van der Waals surface area contributed by atoms with E-state index in [2.05, 4.69) is 10.3 Å². The maximum Gasteiger partial charge on any atom is 0.225 e. The molecule has 1 aliphatic rings. The number of sulfone groups is 1. The van der Waals surface area contributed by atoms with Gasteiger partial charge < -0.3 is 10.1 Å². The highest BCUT2D eigenvalue weighted by Gasteiger charge is 2.29. The number of ether oxygens (including phenoxy) is 1. The quantitative estimate of drug-likeness (QED) is 0.886. The standard InChI is InChI=1S/C12H16N2O4S/c1-18-10-2-4-13-11(7-10)14-12(15)6-9-3-5-19(16,17)8-9/h2,4,7,9H,3,5-6,8H2,1H3,(H,13,14,15). The number of carbonyl (C=O) groups is 1. The molecule has 0 saturated carbocycles. The van der Waals surface area contributed by atoms with Gasteiger partial charge in [-0.15, -0.1) is 0 Å². The second kappa shape index (κ2) is 5.56. The Morgan fingerprint density at radius 2 is 2.37 bits per heavy atom. The van der Waals surface area contributed by atoms with Crippen molar-refractivity contribution in [2.45, 2.75) is 12.8 Å². The molecule has 1 aromatic rings. The van der Waals surface area contributed by atoms with Gasteiger partial charge in [-0.3, -0.25) is 4.79 Å². The molecule has 0 radical (unpaired) electrons. The Kier molecular flexibility index (Phi) is 4.04. The average molecular weight is 284 g/mol. The van der Waals surface area contributed by atoms with E-state index in [1.54, 1.807) is 12.1 Å². The lowest BCUT2D eigenvalue weighted by Crippen LogP contribution is -2.18. The van der Waals surface area contributed by atoms with Crippen LogP contribution in [0.3, 0.4) is 0 Å². The van der Waals surface area contributed by atoms with Gasteiger partial charge in [-0.2, -0.15) is 0 Å². The summed E-state index contributed by atoms with van der Waals surface area (Å²) >= 11 is 0. The molecule has 104 valence electrons. The third kappa shape index (κ3) is 3.92. The fourth-order valence-corrected chi connectivity index (χ4v) is 3.96. The number of anilines is 1. The Labute approximate surface area is 112 Å². The molecule has 1 aromatic heterocycles. The van der Waals surface area contributed by atoms with Crippen molar-refractivity contribution in [1.82, 2.24) is 4.98 Å². The number of amides is 1. The lowest BCUT2D eigenvalue weighted by molar-refractivity contribution is -0.116. The van der Waals surface area contributed by atoms with Crippen molar-refractivity contribution < 1.29 is 17.9 Å². The predicted molar refractivity (Wildman–Crippen MR) is 70.8 cm³/mol. The maximum absolute atomic E-state index is 11.8. The lowest BCUT2D eigenvalue weighted by atomic mass is 10.1. The summed E-state index contributed by atoms with van der Waals surface area (Å²) in [6.07, 6.45) is 2.30. The van der Waals surface area contributed by atoms with Crippen LogP contribution in [-0.4, -0.2) is 37.9 Å². The minimum absolute atomic E-state index is 0.0874. The number of carbonyl (C=O) groups excluding carboxylic acids is 1. The van der Waals surface area contributed by atoms with Gasteiger partial charge in [0.2, 0.25) is 5.91 Å². The lowest BCUT2D eigenvalue weighted by Gasteiger charge is -2.08. The van der Waals surface area contributed by atoms with Gasteiger partial charge in [0.15, 0.2) is 9.84 Å². The molecule has 1 amide bonds. The number of nitrogens with zero attached hydrogens (tertiary/aromatic N) is 1. The van der Waals surface area contributed by atoms with Gasteiger partial charge in [-0.25, -0.2) is 13.4 Å². The monoisotopic (exact) mass is 284 g/mol. The SMILES string of the molecule is COc1ccnc(NC(=O)CC2CCS(=O)(=O)C2)c1. The first-order valence-electron chi connectivity index (χ1n) is 5.99. The van der Waals surface area contributed by atoms with Crippen molar-refractivity contribution in [3.63, 3.8) is 0 Å². The predicted octanol–water partition coefficient (Wildman–Crippen LogP) is 0.853. The molecular weight excluding hydrogens is 268 g/mol. The Hall–Kier alpha value is -1.63. The summed E-state index contributed by atoms with van der Waals surface area (Å²) in [7, 11) is -1.41. The largest absolute Gasteiger partial charge is 0.497 e. The highest BCUT2D eigenvalue weighted by molar-refractivity contribution is 7.91. The van der Waals surface area contributed by atoms with Crippen LogP contribution in [0.4, 0.5) is 5.82 Å². The molecule has 1 fully saturated rings. The molecule has 0 bridgehead atoms. The number of methoxy groups -OCH3 is 1. The molecule has 0 spiro atoms. The van der Waals surface area contributed by atoms with E-state index >= 15 is 0 Å². The third-order valence-electron chi connectivity index (χ3n) is 3.04. The Morgan fingerprint density at radius 3 is 3.00 bits per heavy atom. The Balaban J connectivity index is 1.91. The Bertz CT molecular complexity index is 571. The molecule has 2 rings (SSSR count). The van der Waals surface area contributed by atoms with Crippen molar-refractivity contribution in [3.05, 3.63) is 18.3 Å². The normalized spacial score (nSPS) is 21.0. The molecule has 1 aliphatic heterocycles. The van der Waals surface area contributed by atoms with Crippen molar-refractivity contribution in [1.29, 1.82) is 0 Å². The van der Waals surface area contributed by atoms with Crippen LogP contribution in [0.15, 0.2) is 18.3 Å². The molecular formula is C12H16N2O4S. The molecule has 7 heteroatoms. The van der Waals surface area contributed by atoms with Gasteiger partial charge in [-0.1, -0.05) is 0 Å². The molecule has 2 heterocycles. The maximum atomic E-state index is 11.8. The van der Waals surface area contributed by atoms with E-state index in [9.17, 15) is 13.2 Å². The van der Waals surface area contributed by atoms with Gasteiger partial charge in [-0.05, 0) is 18.4 Å². The average Bonchev–Trinajstić information content (AvgIpc) is 2.68. The third-order valence-corrected chi connectivity index (χ3v) is 4.87. The van der Waals surface area contributed by atoms with E-state index in [-0.39, 0.29) is 29.8 Å². The highest BCUT2D eigenvalue weighted by atomic mass is 32.2. The molecule has 1 saturated heterocycles. The zero-order chi connectivity index (χ0) is 13.9. The second-order valence-electron chi connectivity index (χ2n) is 4.60. The smallest absolute Gasteiger partial charge is 0.225 e. The number of nitrogens with one attached hydrogen (secondary N) is 1. The van der Waals surface area contributed by atoms with Gasteiger partial charge in [0.05, 0.1) is 18.6 Å². The zero-order valence-electron chi connectivity index (χ0n) is 10.6. The topological polar surface area (TPSA) is 85.4 Å².